The highest BCUT2D eigenvalue weighted by Crippen LogP contribution is 2.19. The quantitative estimate of drug-likeness (QED) is 0.758. The smallest absolute Gasteiger partial charge is 0.230 e. The second-order valence-corrected chi connectivity index (χ2v) is 5.66. The lowest BCUT2D eigenvalue weighted by Gasteiger charge is -2.03. The molecule has 0 unspecified atom stereocenters. The number of carbonyl (C=O) groups is 1. The van der Waals surface area contributed by atoms with Crippen molar-refractivity contribution in [2.45, 2.75) is 6.42 Å². The van der Waals surface area contributed by atoms with E-state index in [1.807, 2.05) is 54.6 Å². The van der Waals surface area contributed by atoms with Gasteiger partial charge in [-0.15, -0.1) is 0 Å². The van der Waals surface area contributed by atoms with Crippen LogP contribution >= 0.6 is 15.9 Å². The van der Waals surface area contributed by atoms with Gasteiger partial charge in [0.2, 0.25) is 11.8 Å². The van der Waals surface area contributed by atoms with Gasteiger partial charge in [-0.05, 0) is 30.3 Å². The van der Waals surface area contributed by atoms with E-state index >= 15 is 0 Å². The van der Waals surface area contributed by atoms with E-state index < -0.39 is 0 Å². The van der Waals surface area contributed by atoms with E-state index in [-0.39, 0.29) is 12.3 Å². The summed E-state index contributed by atoms with van der Waals surface area (Å²) in [6, 6.07) is 17.0. The van der Waals surface area contributed by atoms with Crippen molar-refractivity contribution in [2.75, 3.05) is 5.32 Å². The molecule has 22 heavy (non-hydrogen) atoms. The fourth-order valence-corrected chi connectivity index (χ4v) is 2.44. The summed E-state index contributed by atoms with van der Waals surface area (Å²) in [4.78, 5) is 16.4. The number of hydrogen-bond donors (Lipinski definition) is 1. The van der Waals surface area contributed by atoms with E-state index in [2.05, 4.69) is 26.2 Å². The van der Waals surface area contributed by atoms with Crippen LogP contribution in [0.15, 0.2) is 69.8 Å². The van der Waals surface area contributed by atoms with Crippen LogP contribution in [-0.2, 0) is 11.2 Å². The summed E-state index contributed by atoms with van der Waals surface area (Å²) in [6.07, 6.45) is 1.69. The lowest BCUT2D eigenvalue weighted by Crippen LogP contribution is -2.14. The van der Waals surface area contributed by atoms with Crippen LogP contribution in [0.5, 0.6) is 0 Å². The van der Waals surface area contributed by atoms with Crippen molar-refractivity contribution in [3.05, 3.63) is 71.0 Å². The van der Waals surface area contributed by atoms with Gasteiger partial charge in [0.1, 0.15) is 6.26 Å². The average Bonchev–Trinajstić information content (AvgIpc) is 2.96. The third kappa shape index (κ3) is 3.62. The minimum Gasteiger partial charge on any atom is -0.444 e. The van der Waals surface area contributed by atoms with Crippen LogP contribution in [0.4, 0.5) is 5.69 Å². The molecule has 0 aliphatic rings. The zero-order valence-electron chi connectivity index (χ0n) is 11.6. The topological polar surface area (TPSA) is 55.1 Å². The number of benzene rings is 2. The van der Waals surface area contributed by atoms with Crippen molar-refractivity contribution in [2.24, 2.45) is 0 Å². The molecule has 0 saturated heterocycles. The minimum absolute atomic E-state index is 0.133. The largest absolute Gasteiger partial charge is 0.444 e. The number of oxazole rings is 1. The average molecular weight is 357 g/mol. The van der Waals surface area contributed by atoms with Gasteiger partial charge >= 0.3 is 0 Å². The molecule has 0 spiro atoms. The molecule has 1 N–H and O–H groups in total. The zero-order chi connectivity index (χ0) is 15.4. The standard InChI is InChI=1S/C17H13BrN2O2/c18-13-7-4-8-14(9-13)19-16(21)10-15-11-22-17(20-15)12-5-2-1-3-6-12/h1-9,11H,10H2,(H,19,21). The summed E-state index contributed by atoms with van der Waals surface area (Å²) >= 11 is 3.37. The fraction of sp³-hybridized carbons (Fsp3) is 0.0588. The van der Waals surface area contributed by atoms with E-state index in [9.17, 15) is 4.79 Å². The van der Waals surface area contributed by atoms with Gasteiger partial charge in [-0.1, -0.05) is 40.2 Å². The van der Waals surface area contributed by atoms with Gasteiger partial charge < -0.3 is 9.73 Å². The molecule has 2 aromatic carbocycles. The van der Waals surface area contributed by atoms with Gasteiger partial charge in [-0.3, -0.25) is 4.79 Å². The number of nitrogens with one attached hydrogen (secondary N) is 1. The Morgan fingerprint density at radius 2 is 1.95 bits per heavy atom. The molecule has 3 aromatic rings. The fourth-order valence-electron chi connectivity index (χ4n) is 2.04. The number of amides is 1. The van der Waals surface area contributed by atoms with Crippen molar-refractivity contribution in [3.63, 3.8) is 0 Å². The lowest BCUT2D eigenvalue weighted by atomic mass is 10.2. The van der Waals surface area contributed by atoms with Crippen LogP contribution in [0.1, 0.15) is 5.69 Å². The number of hydrogen-bond acceptors (Lipinski definition) is 3. The first kappa shape index (κ1) is 14.5. The Hall–Kier alpha value is -2.40. The second kappa shape index (κ2) is 6.58. The van der Waals surface area contributed by atoms with E-state index in [4.69, 9.17) is 4.42 Å². The van der Waals surface area contributed by atoms with Crippen molar-refractivity contribution < 1.29 is 9.21 Å². The molecule has 5 heteroatoms. The Labute approximate surface area is 136 Å². The van der Waals surface area contributed by atoms with Gasteiger partial charge in [0.15, 0.2) is 0 Å². The summed E-state index contributed by atoms with van der Waals surface area (Å²) < 4.78 is 6.34. The molecule has 1 aromatic heterocycles. The zero-order valence-corrected chi connectivity index (χ0v) is 13.2. The maximum atomic E-state index is 12.0. The third-order valence-electron chi connectivity index (χ3n) is 3.02. The number of rotatable bonds is 4. The number of aromatic nitrogens is 1. The maximum Gasteiger partial charge on any atom is 0.230 e. The Morgan fingerprint density at radius 1 is 1.14 bits per heavy atom. The molecule has 4 nitrogen and oxygen atoms in total. The van der Waals surface area contributed by atoms with Gasteiger partial charge in [-0.2, -0.15) is 0 Å². The highest BCUT2D eigenvalue weighted by atomic mass is 79.9. The predicted octanol–water partition coefficient (Wildman–Crippen LogP) is 4.29. The first-order chi connectivity index (χ1) is 10.7. The van der Waals surface area contributed by atoms with Crippen LogP contribution in [0.3, 0.4) is 0 Å². The second-order valence-electron chi connectivity index (χ2n) is 4.75. The first-order valence-electron chi connectivity index (χ1n) is 6.76. The summed E-state index contributed by atoms with van der Waals surface area (Å²) in [5, 5.41) is 2.83. The molecule has 0 fully saturated rings. The van der Waals surface area contributed by atoms with Crippen LogP contribution in [-0.4, -0.2) is 10.9 Å². The minimum atomic E-state index is -0.133. The molecule has 0 aliphatic heterocycles. The van der Waals surface area contributed by atoms with Crippen LogP contribution < -0.4 is 5.32 Å². The number of halogens is 1. The molecule has 0 saturated carbocycles. The van der Waals surface area contributed by atoms with Gasteiger partial charge in [-0.25, -0.2) is 4.98 Å². The Balaban J connectivity index is 1.66. The first-order valence-corrected chi connectivity index (χ1v) is 7.55. The molecule has 110 valence electrons. The molecule has 1 amide bonds. The predicted molar refractivity (Wildman–Crippen MR) is 88.4 cm³/mol. The number of nitrogens with zero attached hydrogens (tertiary/aromatic N) is 1. The Kier molecular flexibility index (Phi) is 4.34. The highest BCUT2D eigenvalue weighted by Gasteiger charge is 2.10. The van der Waals surface area contributed by atoms with E-state index in [1.54, 1.807) is 0 Å². The molecular formula is C17H13BrN2O2. The van der Waals surface area contributed by atoms with Gasteiger partial charge in [0.25, 0.3) is 0 Å². The number of anilines is 1. The van der Waals surface area contributed by atoms with Gasteiger partial charge in [0.05, 0.1) is 12.1 Å². The van der Waals surface area contributed by atoms with E-state index in [1.165, 1.54) is 6.26 Å². The van der Waals surface area contributed by atoms with Gasteiger partial charge in [0, 0.05) is 15.7 Å². The van der Waals surface area contributed by atoms with Crippen LogP contribution in [0.25, 0.3) is 11.5 Å². The highest BCUT2D eigenvalue weighted by molar-refractivity contribution is 9.10. The normalized spacial score (nSPS) is 10.4. The van der Waals surface area contributed by atoms with Crippen molar-refractivity contribution in [1.29, 1.82) is 0 Å². The van der Waals surface area contributed by atoms with Crippen LogP contribution in [0, 0.1) is 0 Å². The lowest BCUT2D eigenvalue weighted by molar-refractivity contribution is -0.115. The molecule has 0 bridgehead atoms. The molecule has 0 radical (unpaired) electrons. The SMILES string of the molecule is O=C(Cc1coc(-c2ccccc2)n1)Nc1cccc(Br)c1. The summed E-state index contributed by atoms with van der Waals surface area (Å²) in [6.45, 7) is 0. The van der Waals surface area contributed by atoms with E-state index in [0.717, 1.165) is 15.7 Å². The Bertz CT molecular complexity index is 784. The monoisotopic (exact) mass is 356 g/mol. The summed E-state index contributed by atoms with van der Waals surface area (Å²) in [5.74, 6) is 0.386. The molecule has 0 aliphatic carbocycles. The van der Waals surface area contributed by atoms with Crippen molar-refractivity contribution in [3.8, 4) is 11.5 Å². The Morgan fingerprint density at radius 3 is 2.73 bits per heavy atom. The van der Waals surface area contributed by atoms with Crippen LogP contribution in [0.2, 0.25) is 0 Å². The van der Waals surface area contributed by atoms with Crippen molar-refractivity contribution >= 4 is 27.5 Å². The molecular weight excluding hydrogens is 344 g/mol. The maximum absolute atomic E-state index is 12.0. The molecule has 3 rings (SSSR count). The molecule has 0 atom stereocenters. The number of carbonyl (C=O) groups excluding carboxylic acids is 1. The summed E-state index contributed by atoms with van der Waals surface area (Å²) in [7, 11) is 0. The van der Waals surface area contributed by atoms with E-state index in [0.29, 0.717) is 11.6 Å². The molecule has 1 heterocycles. The third-order valence-corrected chi connectivity index (χ3v) is 3.52. The van der Waals surface area contributed by atoms with Crippen molar-refractivity contribution in [1.82, 2.24) is 4.98 Å². The summed E-state index contributed by atoms with van der Waals surface area (Å²) in [5.41, 5.74) is 2.23.